The molecule has 9 nitrogen and oxygen atoms in total. The van der Waals surface area contributed by atoms with E-state index in [9.17, 15) is 8.42 Å². The van der Waals surface area contributed by atoms with Crippen molar-refractivity contribution in [2.75, 3.05) is 26.1 Å². The van der Waals surface area contributed by atoms with Gasteiger partial charge < -0.3 is 19.4 Å². The molecule has 0 radical (unpaired) electrons. The molecular formula is C24H27N5O4S. The van der Waals surface area contributed by atoms with Crippen molar-refractivity contribution in [1.82, 2.24) is 19.3 Å². The first-order chi connectivity index (χ1) is 16.4. The van der Waals surface area contributed by atoms with Gasteiger partial charge >= 0.3 is 0 Å². The zero-order valence-corrected chi connectivity index (χ0v) is 20.1. The van der Waals surface area contributed by atoms with Gasteiger partial charge in [-0.15, -0.1) is 0 Å². The van der Waals surface area contributed by atoms with Gasteiger partial charge in [0.05, 0.1) is 19.1 Å². The molecule has 0 spiro atoms. The fourth-order valence-corrected chi connectivity index (χ4v) is 4.56. The molecule has 178 valence electrons. The van der Waals surface area contributed by atoms with E-state index >= 15 is 0 Å². The maximum Gasteiger partial charge on any atom is 0.240 e. The third-order valence-electron chi connectivity index (χ3n) is 5.31. The standard InChI is InChI=1S/C24H27N5O4S/c1-4-5-13-26-34(30,31)20-9-7-19(8-10-20)29-14-12-17-16-25-24(28-23(17)29)27-18-6-11-21(32-2)22(15-18)33-3/h6-12,14-16,26H,4-5,13H2,1-3H3,(H,25,27,28). The summed E-state index contributed by atoms with van der Waals surface area (Å²) in [5.74, 6) is 1.64. The number of sulfonamides is 1. The lowest BCUT2D eigenvalue weighted by atomic mass is 10.3. The predicted octanol–water partition coefficient (Wildman–Crippen LogP) is 4.26. The summed E-state index contributed by atoms with van der Waals surface area (Å²) in [7, 11) is -0.364. The molecule has 2 aromatic heterocycles. The first-order valence-corrected chi connectivity index (χ1v) is 12.4. The van der Waals surface area contributed by atoms with Crippen LogP contribution in [0.5, 0.6) is 11.5 Å². The maximum absolute atomic E-state index is 12.5. The topological polar surface area (TPSA) is 107 Å². The summed E-state index contributed by atoms with van der Waals surface area (Å²) in [6, 6.07) is 14.1. The fraction of sp³-hybridized carbons (Fsp3) is 0.250. The zero-order chi connectivity index (χ0) is 24.1. The predicted molar refractivity (Wildman–Crippen MR) is 132 cm³/mol. The van der Waals surface area contributed by atoms with Crippen LogP contribution in [0.1, 0.15) is 19.8 Å². The number of hydrogen-bond donors (Lipinski definition) is 2. The summed E-state index contributed by atoms with van der Waals surface area (Å²) in [6.07, 6.45) is 5.33. The summed E-state index contributed by atoms with van der Waals surface area (Å²) < 4.78 is 40.1. The molecule has 0 fully saturated rings. The van der Waals surface area contributed by atoms with Crippen LogP contribution in [0.15, 0.2) is 65.8 Å². The van der Waals surface area contributed by atoms with Crippen LogP contribution in [-0.4, -0.2) is 43.7 Å². The van der Waals surface area contributed by atoms with Gasteiger partial charge in [-0.25, -0.2) is 18.1 Å². The van der Waals surface area contributed by atoms with Gasteiger partial charge in [-0.1, -0.05) is 13.3 Å². The third-order valence-corrected chi connectivity index (χ3v) is 6.79. The Kier molecular flexibility index (Phi) is 6.99. The van der Waals surface area contributed by atoms with Gasteiger partial charge in [0.15, 0.2) is 11.5 Å². The van der Waals surface area contributed by atoms with E-state index in [1.165, 1.54) is 0 Å². The number of nitrogens with zero attached hydrogens (tertiary/aromatic N) is 3. The first kappa shape index (κ1) is 23.5. The molecule has 0 unspecified atom stereocenters. The van der Waals surface area contributed by atoms with Crippen LogP contribution in [0, 0.1) is 0 Å². The van der Waals surface area contributed by atoms with Gasteiger partial charge in [-0.3, -0.25) is 0 Å². The SMILES string of the molecule is CCCCNS(=O)(=O)c1ccc(-n2ccc3cnc(Nc4ccc(OC)c(OC)c4)nc32)cc1. The van der Waals surface area contributed by atoms with Crippen molar-refractivity contribution < 1.29 is 17.9 Å². The van der Waals surface area contributed by atoms with Crippen molar-refractivity contribution in [3.05, 3.63) is 60.9 Å². The van der Waals surface area contributed by atoms with Crippen LogP contribution in [0.3, 0.4) is 0 Å². The molecule has 34 heavy (non-hydrogen) atoms. The molecule has 4 aromatic rings. The minimum absolute atomic E-state index is 0.231. The summed E-state index contributed by atoms with van der Waals surface area (Å²) >= 11 is 0. The number of fused-ring (bicyclic) bond motifs is 1. The van der Waals surface area contributed by atoms with Gasteiger partial charge in [-0.05, 0) is 48.9 Å². The Labute approximate surface area is 198 Å². The monoisotopic (exact) mass is 481 g/mol. The van der Waals surface area contributed by atoms with Crippen LogP contribution >= 0.6 is 0 Å². The number of rotatable bonds is 10. The van der Waals surface area contributed by atoms with Gasteiger partial charge in [-0.2, -0.15) is 4.98 Å². The first-order valence-electron chi connectivity index (χ1n) is 10.9. The van der Waals surface area contributed by atoms with Crippen LogP contribution in [0.25, 0.3) is 16.7 Å². The molecule has 0 saturated heterocycles. The molecule has 0 saturated carbocycles. The molecule has 0 amide bonds. The van der Waals surface area contributed by atoms with Crippen LogP contribution in [0.4, 0.5) is 11.6 Å². The lowest BCUT2D eigenvalue weighted by Gasteiger charge is -2.11. The molecule has 2 aromatic carbocycles. The van der Waals surface area contributed by atoms with Crippen LogP contribution < -0.4 is 19.5 Å². The van der Waals surface area contributed by atoms with Crippen LogP contribution in [-0.2, 0) is 10.0 Å². The fourth-order valence-electron chi connectivity index (χ4n) is 3.48. The summed E-state index contributed by atoms with van der Waals surface area (Å²) in [5, 5.41) is 4.04. The van der Waals surface area contributed by atoms with E-state index in [1.54, 1.807) is 56.8 Å². The Bertz CT molecular complexity index is 1380. The highest BCUT2D eigenvalue weighted by molar-refractivity contribution is 7.89. The number of nitrogens with one attached hydrogen (secondary N) is 2. The normalized spacial score (nSPS) is 11.5. The minimum Gasteiger partial charge on any atom is -0.493 e. The zero-order valence-electron chi connectivity index (χ0n) is 19.3. The average Bonchev–Trinajstić information content (AvgIpc) is 3.27. The Morgan fingerprint density at radius 3 is 2.47 bits per heavy atom. The molecule has 4 rings (SSSR count). The number of hydrogen-bond acceptors (Lipinski definition) is 7. The quantitative estimate of drug-likeness (QED) is 0.326. The highest BCUT2D eigenvalue weighted by atomic mass is 32.2. The van der Waals surface area contributed by atoms with Crippen molar-refractivity contribution in [2.45, 2.75) is 24.7 Å². The Hall–Kier alpha value is -3.63. The number of aromatic nitrogens is 3. The molecule has 0 atom stereocenters. The van der Waals surface area contributed by atoms with Crippen LogP contribution in [0.2, 0.25) is 0 Å². The lowest BCUT2D eigenvalue weighted by Crippen LogP contribution is -2.24. The molecule has 10 heteroatoms. The van der Waals surface area contributed by atoms with E-state index in [2.05, 4.69) is 20.0 Å². The highest BCUT2D eigenvalue weighted by Gasteiger charge is 2.14. The molecule has 2 N–H and O–H groups in total. The van der Waals surface area contributed by atoms with Crippen molar-refractivity contribution in [3.63, 3.8) is 0 Å². The minimum atomic E-state index is -3.53. The Balaban J connectivity index is 1.59. The number of ether oxygens (including phenoxy) is 2. The maximum atomic E-state index is 12.5. The summed E-state index contributed by atoms with van der Waals surface area (Å²) in [4.78, 5) is 9.29. The van der Waals surface area contributed by atoms with Gasteiger partial charge in [0.25, 0.3) is 0 Å². The van der Waals surface area contributed by atoms with E-state index in [1.807, 2.05) is 29.8 Å². The molecular weight excluding hydrogens is 454 g/mol. The Morgan fingerprint density at radius 2 is 1.76 bits per heavy atom. The molecule has 0 aliphatic rings. The summed E-state index contributed by atoms with van der Waals surface area (Å²) in [5.41, 5.74) is 2.23. The Morgan fingerprint density at radius 1 is 1.00 bits per heavy atom. The number of anilines is 2. The van der Waals surface area contributed by atoms with Crippen molar-refractivity contribution in [2.24, 2.45) is 0 Å². The number of methoxy groups -OCH3 is 2. The largest absolute Gasteiger partial charge is 0.493 e. The second-order valence-electron chi connectivity index (χ2n) is 7.60. The van der Waals surface area contributed by atoms with E-state index in [4.69, 9.17) is 9.47 Å². The van der Waals surface area contributed by atoms with Gasteiger partial charge in [0.1, 0.15) is 5.65 Å². The highest BCUT2D eigenvalue weighted by Crippen LogP contribution is 2.31. The molecule has 0 aliphatic heterocycles. The van der Waals surface area contributed by atoms with Gasteiger partial charge in [0, 0.05) is 41.8 Å². The number of unbranched alkanes of at least 4 members (excludes halogenated alkanes) is 1. The van der Waals surface area contributed by atoms with E-state index in [0.29, 0.717) is 29.6 Å². The van der Waals surface area contributed by atoms with E-state index in [-0.39, 0.29) is 4.90 Å². The summed E-state index contributed by atoms with van der Waals surface area (Å²) in [6.45, 7) is 2.44. The van der Waals surface area contributed by atoms with Crippen molar-refractivity contribution in [1.29, 1.82) is 0 Å². The van der Waals surface area contributed by atoms with E-state index < -0.39 is 10.0 Å². The second kappa shape index (κ2) is 10.1. The second-order valence-corrected chi connectivity index (χ2v) is 9.37. The number of benzene rings is 2. The molecule has 0 bridgehead atoms. The average molecular weight is 482 g/mol. The van der Waals surface area contributed by atoms with Crippen molar-refractivity contribution in [3.8, 4) is 17.2 Å². The third kappa shape index (κ3) is 4.97. The van der Waals surface area contributed by atoms with Crippen molar-refractivity contribution >= 4 is 32.7 Å². The molecule has 0 aliphatic carbocycles. The smallest absolute Gasteiger partial charge is 0.240 e. The lowest BCUT2D eigenvalue weighted by molar-refractivity contribution is 0.355. The molecule has 2 heterocycles. The van der Waals surface area contributed by atoms with Gasteiger partial charge in [0.2, 0.25) is 16.0 Å². The van der Waals surface area contributed by atoms with E-state index in [0.717, 1.165) is 29.6 Å².